The molecule has 7 nitrogen and oxygen atoms in total. The van der Waals surface area contributed by atoms with Crippen molar-refractivity contribution in [2.24, 2.45) is 0 Å². The monoisotopic (exact) mass is 425 g/mol. The van der Waals surface area contributed by atoms with Crippen LogP contribution in [0.2, 0.25) is 0 Å². The van der Waals surface area contributed by atoms with Gasteiger partial charge in [-0.15, -0.1) is 0 Å². The number of nitrogens with zero attached hydrogens (tertiary/aromatic N) is 1. The van der Waals surface area contributed by atoms with Gasteiger partial charge in [0.05, 0.1) is 23.6 Å². The normalized spacial score (nSPS) is 10.7. The van der Waals surface area contributed by atoms with Gasteiger partial charge in [-0.25, -0.2) is 4.79 Å². The molecule has 1 amide bonds. The number of hydrogen-bond donors (Lipinski definition) is 2. The van der Waals surface area contributed by atoms with Gasteiger partial charge < -0.3 is 15.0 Å². The maximum absolute atomic E-state index is 12.8. The average Bonchev–Trinajstić information content (AvgIpc) is 2.75. The van der Waals surface area contributed by atoms with E-state index in [0.29, 0.717) is 42.4 Å². The molecule has 0 radical (unpaired) electrons. The summed E-state index contributed by atoms with van der Waals surface area (Å²) in [6, 6.07) is 14.6. The fraction of sp³-hybridized carbons (Fsp3) is 0.273. The Labute approximate surface area is 178 Å². The summed E-state index contributed by atoms with van der Waals surface area (Å²) in [5.74, 6) is -0.545. The Bertz CT molecular complexity index is 1170. The highest BCUT2D eigenvalue weighted by molar-refractivity contribution is 7.71. The molecule has 156 valence electrons. The molecule has 3 rings (SSSR count). The molecule has 0 saturated heterocycles. The predicted octanol–water partition coefficient (Wildman–Crippen LogP) is 2.98. The first-order valence-corrected chi connectivity index (χ1v) is 10.1. The topological polar surface area (TPSA) is 93.2 Å². The summed E-state index contributed by atoms with van der Waals surface area (Å²) in [5, 5.41) is 3.31. The van der Waals surface area contributed by atoms with Crippen LogP contribution in [-0.4, -0.2) is 35.1 Å². The number of rotatable bonds is 8. The van der Waals surface area contributed by atoms with Gasteiger partial charge >= 0.3 is 5.97 Å². The molecule has 1 heterocycles. The van der Waals surface area contributed by atoms with Crippen molar-refractivity contribution in [3.05, 3.63) is 74.8 Å². The minimum Gasteiger partial charge on any atom is -0.465 e. The minimum atomic E-state index is -0.487. The number of ether oxygens (including phenoxy) is 1. The first kappa shape index (κ1) is 21.4. The largest absolute Gasteiger partial charge is 0.465 e. The number of methoxy groups -OCH3 is 1. The highest BCUT2D eigenvalue weighted by Gasteiger charge is 2.11. The van der Waals surface area contributed by atoms with E-state index in [1.54, 1.807) is 12.1 Å². The van der Waals surface area contributed by atoms with Crippen LogP contribution >= 0.6 is 12.2 Å². The molecule has 8 heteroatoms. The summed E-state index contributed by atoms with van der Waals surface area (Å²) in [6.45, 7) is 0.899. The lowest BCUT2D eigenvalue weighted by Gasteiger charge is -2.09. The van der Waals surface area contributed by atoms with Gasteiger partial charge in [0.2, 0.25) is 5.91 Å². The lowest BCUT2D eigenvalue weighted by Crippen LogP contribution is -2.27. The molecule has 3 aromatic rings. The lowest BCUT2D eigenvalue weighted by molar-refractivity contribution is -0.121. The van der Waals surface area contributed by atoms with Crippen molar-refractivity contribution in [1.29, 1.82) is 0 Å². The van der Waals surface area contributed by atoms with Gasteiger partial charge in [-0.3, -0.25) is 14.2 Å². The highest BCUT2D eigenvalue weighted by atomic mass is 32.1. The quantitative estimate of drug-likeness (QED) is 0.428. The number of aromatic amines is 1. The Morgan fingerprint density at radius 1 is 1.17 bits per heavy atom. The molecule has 2 N–H and O–H groups in total. The standard InChI is InChI=1S/C22H23N3O4S/c1-29-21(28)16-9-10-17-18(14-16)24-22(30)25(20(17)27)13-5-8-19(26)23-12-11-15-6-3-2-4-7-15/h2-4,6-7,9-10,14H,5,8,11-13H2,1H3,(H,23,26)(H,24,30). The van der Waals surface area contributed by atoms with Crippen LogP contribution in [0, 0.1) is 4.77 Å². The van der Waals surface area contributed by atoms with Crippen molar-refractivity contribution in [2.75, 3.05) is 13.7 Å². The van der Waals surface area contributed by atoms with E-state index in [-0.39, 0.29) is 16.2 Å². The van der Waals surface area contributed by atoms with Gasteiger partial charge in [0, 0.05) is 19.5 Å². The molecule has 0 spiro atoms. The zero-order valence-electron chi connectivity index (χ0n) is 16.6. The zero-order valence-corrected chi connectivity index (χ0v) is 17.5. The fourth-order valence-electron chi connectivity index (χ4n) is 3.18. The van der Waals surface area contributed by atoms with E-state index in [1.165, 1.54) is 23.3 Å². The van der Waals surface area contributed by atoms with E-state index in [2.05, 4.69) is 10.3 Å². The molecule has 0 saturated carbocycles. The van der Waals surface area contributed by atoms with Gasteiger partial charge in [-0.2, -0.15) is 0 Å². The van der Waals surface area contributed by atoms with Crippen molar-refractivity contribution in [1.82, 2.24) is 14.9 Å². The number of benzene rings is 2. The molecular weight excluding hydrogens is 402 g/mol. The number of hydrogen-bond acceptors (Lipinski definition) is 5. The van der Waals surface area contributed by atoms with Crippen LogP contribution in [0.4, 0.5) is 0 Å². The second-order valence-electron chi connectivity index (χ2n) is 6.83. The predicted molar refractivity (Wildman–Crippen MR) is 117 cm³/mol. The second kappa shape index (κ2) is 9.98. The molecule has 0 aliphatic rings. The molecular formula is C22H23N3O4S. The molecule has 0 unspecified atom stereocenters. The number of H-pyrrole nitrogens is 1. The molecule has 2 aromatic carbocycles. The Hall–Kier alpha value is -3.26. The van der Waals surface area contributed by atoms with Crippen molar-refractivity contribution in [2.45, 2.75) is 25.8 Å². The molecule has 0 bridgehead atoms. The van der Waals surface area contributed by atoms with Crippen molar-refractivity contribution >= 4 is 35.0 Å². The molecule has 0 aliphatic heterocycles. The number of fused-ring (bicyclic) bond motifs is 1. The zero-order chi connectivity index (χ0) is 21.5. The van der Waals surface area contributed by atoms with Crippen LogP contribution in [0.15, 0.2) is 53.3 Å². The van der Waals surface area contributed by atoms with Crippen LogP contribution in [0.25, 0.3) is 10.9 Å². The summed E-state index contributed by atoms with van der Waals surface area (Å²) >= 11 is 5.30. The number of carbonyl (C=O) groups is 2. The maximum atomic E-state index is 12.8. The van der Waals surface area contributed by atoms with Gasteiger partial charge in [0.1, 0.15) is 0 Å². The summed E-state index contributed by atoms with van der Waals surface area (Å²) in [7, 11) is 1.30. The highest BCUT2D eigenvalue weighted by Crippen LogP contribution is 2.12. The van der Waals surface area contributed by atoms with Gasteiger partial charge in [-0.05, 0) is 48.8 Å². The van der Waals surface area contributed by atoms with E-state index < -0.39 is 5.97 Å². The maximum Gasteiger partial charge on any atom is 0.337 e. The third kappa shape index (κ3) is 5.21. The van der Waals surface area contributed by atoms with Crippen LogP contribution < -0.4 is 10.9 Å². The van der Waals surface area contributed by atoms with Gasteiger partial charge in [0.15, 0.2) is 4.77 Å². The van der Waals surface area contributed by atoms with E-state index in [1.807, 2.05) is 30.3 Å². The number of aromatic nitrogens is 2. The first-order chi connectivity index (χ1) is 14.5. The van der Waals surface area contributed by atoms with Crippen LogP contribution in [0.3, 0.4) is 0 Å². The smallest absolute Gasteiger partial charge is 0.337 e. The number of amides is 1. The van der Waals surface area contributed by atoms with Gasteiger partial charge in [0.25, 0.3) is 5.56 Å². The molecule has 30 heavy (non-hydrogen) atoms. The number of carbonyl (C=O) groups excluding carboxylic acids is 2. The van der Waals surface area contributed by atoms with Crippen molar-refractivity contribution in [3.8, 4) is 0 Å². The minimum absolute atomic E-state index is 0.0580. The summed E-state index contributed by atoms with van der Waals surface area (Å²) in [6.07, 6.45) is 1.56. The molecule has 1 aromatic heterocycles. The third-order valence-corrected chi connectivity index (χ3v) is 5.09. The van der Waals surface area contributed by atoms with E-state index >= 15 is 0 Å². The Morgan fingerprint density at radius 2 is 1.93 bits per heavy atom. The number of nitrogens with one attached hydrogen (secondary N) is 2. The number of esters is 1. The summed E-state index contributed by atoms with van der Waals surface area (Å²) < 4.78 is 6.38. The average molecular weight is 426 g/mol. The Kier molecular flexibility index (Phi) is 7.13. The SMILES string of the molecule is COC(=O)c1ccc2c(=O)n(CCCC(=O)NCCc3ccccc3)c(=S)[nH]c2c1. The fourth-order valence-corrected chi connectivity index (χ4v) is 3.46. The van der Waals surface area contributed by atoms with Gasteiger partial charge in [-0.1, -0.05) is 30.3 Å². The Morgan fingerprint density at radius 3 is 2.67 bits per heavy atom. The second-order valence-corrected chi connectivity index (χ2v) is 7.21. The van der Waals surface area contributed by atoms with E-state index in [9.17, 15) is 14.4 Å². The van der Waals surface area contributed by atoms with Crippen molar-refractivity contribution in [3.63, 3.8) is 0 Å². The third-order valence-electron chi connectivity index (χ3n) is 4.77. The van der Waals surface area contributed by atoms with Crippen LogP contribution in [0.5, 0.6) is 0 Å². The molecule has 0 atom stereocenters. The molecule has 0 aliphatic carbocycles. The lowest BCUT2D eigenvalue weighted by atomic mass is 10.1. The molecule has 0 fully saturated rings. The summed E-state index contributed by atoms with van der Waals surface area (Å²) in [5.41, 5.74) is 1.72. The summed E-state index contributed by atoms with van der Waals surface area (Å²) in [4.78, 5) is 39.5. The Balaban J connectivity index is 1.59. The first-order valence-electron chi connectivity index (χ1n) is 9.65. The van der Waals surface area contributed by atoms with E-state index in [0.717, 1.165) is 6.42 Å². The van der Waals surface area contributed by atoms with Crippen LogP contribution in [-0.2, 0) is 22.5 Å². The van der Waals surface area contributed by atoms with Crippen LogP contribution in [0.1, 0.15) is 28.8 Å². The van der Waals surface area contributed by atoms with E-state index in [4.69, 9.17) is 17.0 Å². The van der Waals surface area contributed by atoms with Crippen molar-refractivity contribution < 1.29 is 14.3 Å².